The number of hydrogen-bond donors (Lipinski definition) is 2. The molecule has 1 heterocycles. The molecule has 0 aromatic heterocycles. The van der Waals surface area contributed by atoms with E-state index in [9.17, 15) is 14.7 Å². The van der Waals surface area contributed by atoms with Gasteiger partial charge in [0.25, 0.3) is 5.91 Å². The quantitative estimate of drug-likeness (QED) is 0.801. The molecule has 0 unspecified atom stereocenters. The van der Waals surface area contributed by atoms with Gasteiger partial charge >= 0.3 is 0 Å². The molecule has 0 spiro atoms. The van der Waals surface area contributed by atoms with Crippen molar-refractivity contribution in [3.63, 3.8) is 0 Å². The van der Waals surface area contributed by atoms with Gasteiger partial charge in [-0.25, -0.2) is 0 Å². The predicted octanol–water partition coefficient (Wildman–Crippen LogP) is 2.20. The topological polar surface area (TPSA) is 86.9 Å². The second kappa shape index (κ2) is 10.2. The van der Waals surface area contributed by atoms with Crippen molar-refractivity contribution in [2.24, 2.45) is 5.73 Å². The monoisotopic (exact) mass is 403 g/mol. The fraction of sp³-hybridized carbons (Fsp3) is 0.333. The molecule has 0 aliphatic carbocycles. The van der Waals surface area contributed by atoms with Gasteiger partial charge in [-0.05, 0) is 42.7 Å². The van der Waals surface area contributed by atoms with Gasteiger partial charge in [0.1, 0.15) is 6.54 Å². The summed E-state index contributed by atoms with van der Waals surface area (Å²) in [6.07, 6.45) is 0.799. The van der Waals surface area contributed by atoms with Gasteiger partial charge in [-0.3, -0.25) is 14.5 Å². The first-order valence-corrected chi connectivity index (χ1v) is 9.20. The summed E-state index contributed by atoms with van der Waals surface area (Å²) in [4.78, 5) is 29.2. The molecule has 6 nitrogen and oxygen atoms in total. The van der Waals surface area contributed by atoms with Crippen LogP contribution >= 0.6 is 12.4 Å². The highest BCUT2D eigenvalue weighted by molar-refractivity contribution is 6.08. The molecule has 3 N–H and O–H groups in total. The Hall–Kier alpha value is -2.41. The van der Waals surface area contributed by atoms with E-state index in [2.05, 4.69) is 0 Å². The van der Waals surface area contributed by atoms with Crippen LogP contribution in [-0.4, -0.2) is 47.6 Å². The van der Waals surface area contributed by atoms with Gasteiger partial charge in [-0.1, -0.05) is 30.3 Å². The molecular formula is C21H26ClN3O3. The largest absolute Gasteiger partial charge is 0.393 e. The molecule has 28 heavy (non-hydrogen) atoms. The summed E-state index contributed by atoms with van der Waals surface area (Å²) in [5, 5.41) is 9.64. The highest BCUT2D eigenvalue weighted by Crippen LogP contribution is 2.19. The number of anilines is 1. The lowest BCUT2D eigenvalue weighted by molar-refractivity contribution is -0.131. The third-order valence-corrected chi connectivity index (χ3v) is 4.83. The van der Waals surface area contributed by atoms with Gasteiger partial charge < -0.3 is 15.7 Å². The maximum Gasteiger partial charge on any atom is 0.258 e. The van der Waals surface area contributed by atoms with Gasteiger partial charge in [0.15, 0.2) is 0 Å². The van der Waals surface area contributed by atoms with Crippen LogP contribution < -0.4 is 10.6 Å². The lowest BCUT2D eigenvalue weighted by Crippen LogP contribution is -2.46. The highest BCUT2D eigenvalue weighted by Gasteiger charge is 2.26. The molecule has 1 aliphatic rings. The number of benzene rings is 2. The number of aliphatic hydroxyl groups excluding tert-OH is 1. The molecule has 0 saturated carbocycles. The van der Waals surface area contributed by atoms with Crippen molar-refractivity contribution in [3.05, 3.63) is 65.7 Å². The Labute approximate surface area is 171 Å². The second-order valence-corrected chi connectivity index (χ2v) is 6.74. The predicted molar refractivity (Wildman–Crippen MR) is 112 cm³/mol. The molecule has 7 heteroatoms. The van der Waals surface area contributed by atoms with Crippen LogP contribution in [0.3, 0.4) is 0 Å². The van der Waals surface area contributed by atoms with Crippen LogP contribution in [0.15, 0.2) is 54.6 Å². The van der Waals surface area contributed by atoms with E-state index in [-0.39, 0.29) is 36.9 Å². The van der Waals surface area contributed by atoms with Crippen LogP contribution in [0, 0.1) is 0 Å². The molecule has 0 radical (unpaired) electrons. The van der Waals surface area contributed by atoms with Crippen molar-refractivity contribution in [3.8, 4) is 0 Å². The average molecular weight is 404 g/mol. The molecule has 2 aromatic carbocycles. The summed E-state index contributed by atoms with van der Waals surface area (Å²) in [6, 6.07) is 16.4. The number of hydrogen-bond acceptors (Lipinski definition) is 4. The van der Waals surface area contributed by atoms with E-state index in [4.69, 9.17) is 5.73 Å². The zero-order valence-corrected chi connectivity index (χ0v) is 16.5. The number of nitrogens with zero attached hydrogens (tertiary/aromatic N) is 2. The Bertz CT molecular complexity index is 792. The Kier molecular flexibility index (Phi) is 7.99. The fourth-order valence-corrected chi connectivity index (χ4v) is 3.23. The Morgan fingerprint density at radius 2 is 1.75 bits per heavy atom. The molecule has 2 aromatic rings. The molecule has 0 atom stereocenters. The van der Waals surface area contributed by atoms with Gasteiger partial charge in [0.05, 0.1) is 6.10 Å². The van der Waals surface area contributed by atoms with Crippen LogP contribution in [0.5, 0.6) is 0 Å². The maximum absolute atomic E-state index is 13.2. The lowest BCUT2D eigenvalue weighted by atomic mass is 10.1. The van der Waals surface area contributed by atoms with Crippen LogP contribution in [0.2, 0.25) is 0 Å². The third-order valence-electron chi connectivity index (χ3n) is 4.83. The van der Waals surface area contributed by atoms with Crippen LogP contribution in [0.1, 0.15) is 28.8 Å². The van der Waals surface area contributed by atoms with Crippen LogP contribution in [-0.2, 0) is 11.3 Å². The van der Waals surface area contributed by atoms with Crippen molar-refractivity contribution in [2.45, 2.75) is 25.5 Å². The highest BCUT2D eigenvalue weighted by atomic mass is 35.5. The van der Waals surface area contributed by atoms with Crippen molar-refractivity contribution >= 4 is 29.9 Å². The van der Waals surface area contributed by atoms with Crippen molar-refractivity contribution in [1.29, 1.82) is 0 Å². The smallest absolute Gasteiger partial charge is 0.258 e. The average Bonchev–Trinajstić information content (AvgIpc) is 2.72. The van der Waals surface area contributed by atoms with Crippen molar-refractivity contribution in [2.75, 3.05) is 24.5 Å². The number of aliphatic hydroxyl groups is 1. The minimum Gasteiger partial charge on any atom is -0.393 e. The van der Waals surface area contributed by atoms with Gasteiger partial charge in [-0.2, -0.15) is 0 Å². The summed E-state index contributed by atoms with van der Waals surface area (Å²) >= 11 is 0. The molecule has 1 saturated heterocycles. The Morgan fingerprint density at radius 1 is 1.07 bits per heavy atom. The first-order valence-electron chi connectivity index (χ1n) is 9.20. The third kappa shape index (κ3) is 5.32. The SMILES string of the molecule is Cl.NCc1cccc(C(=O)N(CC(=O)N2CCC(O)CC2)c2ccccc2)c1. The molecule has 150 valence electrons. The molecule has 1 fully saturated rings. The van der Waals surface area contributed by atoms with E-state index in [1.807, 2.05) is 36.4 Å². The van der Waals surface area contributed by atoms with Gasteiger partial charge in [0.2, 0.25) is 5.91 Å². The maximum atomic E-state index is 13.2. The number of rotatable bonds is 5. The molecule has 2 amide bonds. The van der Waals surface area contributed by atoms with Crippen molar-refractivity contribution < 1.29 is 14.7 Å². The lowest BCUT2D eigenvalue weighted by Gasteiger charge is -2.32. The zero-order chi connectivity index (χ0) is 19.2. The fourth-order valence-electron chi connectivity index (χ4n) is 3.23. The first-order chi connectivity index (χ1) is 13.1. The molecule has 3 rings (SSSR count). The summed E-state index contributed by atoms with van der Waals surface area (Å²) in [5.41, 5.74) is 7.73. The minimum atomic E-state index is -0.347. The van der Waals surface area contributed by atoms with Gasteiger partial charge in [-0.15, -0.1) is 12.4 Å². The standard InChI is InChI=1S/C21H25N3O3.ClH/c22-14-16-5-4-6-17(13-16)21(27)24(18-7-2-1-3-8-18)15-20(26)23-11-9-19(25)10-12-23;/h1-8,13,19,25H,9-12,14-15,22H2;1H. The summed E-state index contributed by atoms with van der Waals surface area (Å²) in [5.74, 6) is -0.351. The van der Waals surface area contributed by atoms with E-state index in [0.29, 0.717) is 43.7 Å². The van der Waals surface area contributed by atoms with Gasteiger partial charge in [0, 0.05) is 30.9 Å². The number of piperidine rings is 1. The summed E-state index contributed by atoms with van der Waals surface area (Å²) in [6.45, 7) is 1.34. The summed E-state index contributed by atoms with van der Waals surface area (Å²) < 4.78 is 0. The number of amides is 2. The number of nitrogens with two attached hydrogens (primary N) is 1. The molecular weight excluding hydrogens is 378 g/mol. The van der Waals surface area contributed by atoms with E-state index < -0.39 is 0 Å². The van der Waals surface area contributed by atoms with E-state index >= 15 is 0 Å². The van der Waals surface area contributed by atoms with E-state index in [0.717, 1.165) is 5.56 Å². The molecule has 0 bridgehead atoms. The van der Waals surface area contributed by atoms with E-state index in [1.165, 1.54) is 4.90 Å². The van der Waals surface area contributed by atoms with E-state index in [1.54, 1.807) is 23.1 Å². The van der Waals surface area contributed by atoms with Crippen molar-refractivity contribution in [1.82, 2.24) is 4.90 Å². The number of carbonyl (C=O) groups excluding carboxylic acids is 2. The summed E-state index contributed by atoms with van der Waals surface area (Å²) in [7, 11) is 0. The number of carbonyl (C=O) groups is 2. The number of halogens is 1. The first kappa shape index (κ1) is 21.9. The Morgan fingerprint density at radius 3 is 2.39 bits per heavy atom. The number of likely N-dealkylation sites (tertiary alicyclic amines) is 1. The van der Waals surface area contributed by atoms with Crippen LogP contribution in [0.25, 0.3) is 0 Å². The second-order valence-electron chi connectivity index (χ2n) is 6.74. The zero-order valence-electron chi connectivity index (χ0n) is 15.7. The van der Waals surface area contributed by atoms with Crippen LogP contribution in [0.4, 0.5) is 5.69 Å². The minimum absolute atomic E-state index is 0. The Balaban J connectivity index is 0.00000280. The normalized spacial score (nSPS) is 14.3. The molecule has 1 aliphatic heterocycles. The number of para-hydroxylation sites is 1.